The Kier molecular flexibility index (Phi) is 10.9. The number of Topliss-reactive ketones (excluding diaryl/α,β-unsaturated/α-hetero) is 1. The molecule has 1 unspecified atom stereocenters. The van der Waals surface area contributed by atoms with Gasteiger partial charge in [0.25, 0.3) is 5.91 Å². The van der Waals surface area contributed by atoms with Gasteiger partial charge in [0.1, 0.15) is 12.6 Å². The molecule has 0 saturated heterocycles. The molecule has 0 aliphatic carbocycles. The van der Waals surface area contributed by atoms with E-state index in [1.54, 1.807) is 54.6 Å². The molecule has 3 amide bonds. The SMILES string of the molecule is O=C(NCCCC(NC(=O)c1cccc(Br)c1)C(=O)NCC(=O)c1ccccc1)OCc1ccccc1. The van der Waals surface area contributed by atoms with E-state index in [-0.39, 0.29) is 31.9 Å². The second kappa shape index (κ2) is 14.5. The van der Waals surface area contributed by atoms with Crippen LogP contribution in [0.25, 0.3) is 0 Å². The third-order valence-corrected chi connectivity index (χ3v) is 5.87. The van der Waals surface area contributed by atoms with Gasteiger partial charge in [-0.1, -0.05) is 82.7 Å². The van der Waals surface area contributed by atoms with E-state index in [2.05, 4.69) is 31.9 Å². The Bertz CT molecular complexity index is 1200. The lowest BCUT2D eigenvalue weighted by atomic mass is 10.1. The van der Waals surface area contributed by atoms with Gasteiger partial charge in [-0.25, -0.2) is 4.79 Å². The van der Waals surface area contributed by atoms with E-state index < -0.39 is 23.9 Å². The molecule has 3 aromatic rings. The zero-order valence-electron chi connectivity index (χ0n) is 20.1. The molecule has 0 aliphatic heterocycles. The fourth-order valence-corrected chi connectivity index (χ4v) is 3.83. The first-order valence-corrected chi connectivity index (χ1v) is 12.6. The van der Waals surface area contributed by atoms with Crippen molar-refractivity contribution in [1.82, 2.24) is 16.0 Å². The van der Waals surface area contributed by atoms with Crippen molar-refractivity contribution in [3.8, 4) is 0 Å². The molecule has 0 aliphatic rings. The lowest BCUT2D eigenvalue weighted by molar-refractivity contribution is -0.123. The third kappa shape index (κ3) is 9.53. The second-order valence-electron chi connectivity index (χ2n) is 8.17. The van der Waals surface area contributed by atoms with Crippen molar-refractivity contribution >= 4 is 39.6 Å². The van der Waals surface area contributed by atoms with Gasteiger partial charge in [0.05, 0.1) is 6.54 Å². The van der Waals surface area contributed by atoms with Gasteiger partial charge >= 0.3 is 6.09 Å². The molecule has 8 nitrogen and oxygen atoms in total. The first kappa shape index (κ1) is 27.6. The third-order valence-electron chi connectivity index (χ3n) is 5.38. The molecular weight excluding hydrogens is 538 g/mol. The van der Waals surface area contributed by atoms with Gasteiger partial charge < -0.3 is 20.7 Å². The minimum absolute atomic E-state index is 0.149. The molecule has 0 bridgehead atoms. The number of benzene rings is 3. The molecule has 0 fully saturated rings. The summed E-state index contributed by atoms with van der Waals surface area (Å²) in [4.78, 5) is 50.0. The van der Waals surface area contributed by atoms with E-state index in [1.807, 2.05) is 30.3 Å². The predicted octanol–water partition coefficient (Wildman–Crippen LogP) is 4.25. The summed E-state index contributed by atoms with van der Waals surface area (Å²) in [5, 5.41) is 7.99. The van der Waals surface area contributed by atoms with Crippen LogP contribution >= 0.6 is 15.9 Å². The van der Waals surface area contributed by atoms with Crippen LogP contribution in [0.2, 0.25) is 0 Å². The van der Waals surface area contributed by atoms with Gasteiger partial charge in [0, 0.05) is 22.1 Å². The molecule has 3 N–H and O–H groups in total. The maximum atomic E-state index is 12.9. The van der Waals surface area contributed by atoms with Crippen molar-refractivity contribution in [3.63, 3.8) is 0 Å². The number of alkyl carbamates (subject to hydrolysis) is 1. The van der Waals surface area contributed by atoms with Gasteiger partial charge in [-0.3, -0.25) is 14.4 Å². The zero-order valence-corrected chi connectivity index (χ0v) is 21.7. The highest BCUT2D eigenvalue weighted by atomic mass is 79.9. The molecule has 0 heterocycles. The van der Waals surface area contributed by atoms with Crippen LogP contribution in [0, 0.1) is 0 Å². The molecule has 9 heteroatoms. The average Bonchev–Trinajstić information content (AvgIpc) is 2.93. The van der Waals surface area contributed by atoms with Crippen LogP contribution in [0.5, 0.6) is 0 Å². The molecule has 37 heavy (non-hydrogen) atoms. The Morgan fingerprint density at radius 1 is 0.811 bits per heavy atom. The monoisotopic (exact) mass is 565 g/mol. The lowest BCUT2D eigenvalue weighted by Crippen LogP contribution is -2.48. The zero-order chi connectivity index (χ0) is 26.5. The van der Waals surface area contributed by atoms with Crippen molar-refractivity contribution in [2.75, 3.05) is 13.1 Å². The van der Waals surface area contributed by atoms with Crippen LogP contribution in [0.1, 0.15) is 39.1 Å². The Morgan fingerprint density at radius 2 is 1.49 bits per heavy atom. The van der Waals surface area contributed by atoms with Crippen LogP contribution in [0.15, 0.2) is 89.4 Å². The van der Waals surface area contributed by atoms with Gasteiger partial charge in [-0.05, 0) is 36.6 Å². The number of halogens is 1. The summed E-state index contributed by atoms with van der Waals surface area (Å²) in [6.07, 6.45) is 0.0602. The van der Waals surface area contributed by atoms with Crippen molar-refractivity contribution in [1.29, 1.82) is 0 Å². The molecule has 1 atom stereocenters. The highest BCUT2D eigenvalue weighted by molar-refractivity contribution is 9.10. The molecule has 0 radical (unpaired) electrons. The number of amides is 3. The number of carbonyl (C=O) groups excluding carboxylic acids is 4. The molecule has 3 rings (SSSR count). The summed E-state index contributed by atoms with van der Waals surface area (Å²) < 4.78 is 5.91. The normalized spacial score (nSPS) is 11.2. The summed E-state index contributed by atoms with van der Waals surface area (Å²) >= 11 is 3.33. The number of ether oxygens (including phenoxy) is 1. The largest absolute Gasteiger partial charge is 0.445 e. The van der Waals surface area contributed by atoms with Crippen LogP contribution in [-0.4, -0.2) is 42.8 Å². The van der Waals surface area contributed by atoms with Crippen molar-refractivity contribution in [2.45, 2.75) is 25.5 Å². The fourth-order valence-electron chi connectivity index (χ4n) is 3.43. The van der Waals surface area contributed by atoms with E-state index in [1.165, 1.54) is 0 Å². The van der Waals surface area contributed by atoms with Gasteiger partial charge in [0.15, 0.2) is 5.78 Å². The molecule has 3 aromatic carbocycles. The quantitative estimate of drug-likeness (QED) is 0.224. The van der Waals surface area contributed by atoms with Crippen LogP contribution in [0.4, 0.5) is 4.79 Å². The minimum Gasteiger partial charge on any atom is -0.445 e. The van der Waals surface area contributed by atoms with Crippen LogP contribution in [0.3, 0.4) is 0 Å². The number of ketones is 1. The highest BCUT2D eigenvalue weighted by Crippen LogP contribution is 2.12. The predicted molar refractivity (Wildman–Crippen MR) is 143 cm³/mol. The average molecular weight is 566 g/mol. The summed E-state index contributed by atoms with van der Waals surface area (Å²) in [6, 6.07) is 23.8. The van der Waals surface area contributed by atoms with E-state index in [0.717, 1.165) is 10.0 Å². The van der Waals surface area contributed by atoms with E-state index in [0.29, 0.717) is 17.5 Å². The Morgan fingerprint density at radius 3 is 2.19 bits per heavy atom. The van der Waals surface area contributed by atoms with E-state index in [4.69, 9.17) is 4.74 Å². The van der Waals surface area contributed by atoms with Crippen molar-refractivity contribution in [2.24, 2.45) is 0 Å². The van der Waals surface area contributed by atoms with Gasteiger partial charge in [-0.2, -0.15) is 0 Å². The number of rotatable bonds is 12. The first-order valence-electron chi connectivity index (χ1n) is 11.8. The summed E-state index contributed by atoms with van der Waals surface area (Å²) in [7, 11) is 0. The molecule has 0 saturated carbocycles. The Balaban J connectivity index is 1.52. The molecular formula is C28H28BrN3O5. The maximum Gasteiger partial charge on any atom is 0.407 e. The van der Waals surface area contributed by atoms with Crippen LogP contribution < -0.4 is 16.0 Å². The summed E-state index contributed by atoms with van der Waals surface area (Å²) in [5.74, 6) is -1.15. The van der Waals surface area contributed by atoms with Crippen LogP contribution in [-0.2, 0) is 16.1 Å². The summed E-state index contributed by atoms with van der Waals surface area (Å²) in [5.41, 5.74) is 1.74. The fraction of sp³-hybridized carbons (Fsp3) is 0.214. The standard InChI is InChI=1S/C28H28BrN3O5/c29-23-14-7-13-22(17-23)26(34)32-24(27(35)31-18-25(33)21-11-5-2-6-12-21)15-8-16-30-28(36)37-19-20-9-3-1-4-10-20/h1-7,9-14,17,24H,8,15-16,18-19H2,(H,30,36)(H,31,35)(H,32,34). The van der Waals surface area contributed by atoms with Gasteiger partial charge in [-0.15, -0.1) is 0 Å². The van der Waals surface area contributed by atoms with Crippen molar-refractivity contribution < 1.29 is 23.9 Å². The topological polar surface area (TPSA) is 114 Å². The van der Waals surface area contributed by atoms with E-state index in [9.17, 15) is 19.2 Å². The maximum absolute atomic E-state index is 12.9. The number of hydrogen-bond donors (Lipinski definition) is 3. The minimum atomic E-state index is -0.905. The van der Waals surface area contributed by atoms with E-state index >= 15 is 0 Å². The lowest BCUT2D eigenvalue weighted by Gasteiger charge is -2.19. The molecule has 0 spiro atoms. The smallest absolute Gasteiger partial charge is 0.407 e. The number of hydrogen-bond acceptors (Lipinski definition) is 5. The van der Waals surface area contributed by atoms with Crippen molar-refractivity contribution in [3.05, 3.63) is 106 Å². The first-order chi connectivity index (χ1) is 17.9. The highest BCUT2D eigenvalue weighted by Gasteiger charge is 2.22. The molecule has 192 valence electrons. The Hall–Kier alpha value is -3.98. The van der Waals surface area contributed by atoms with Gasteiger partial charge in [0.2, 0.25) is 5.91 Å². The number of nitrogens with one attached hydrogen (secondary N) is 3. The second-order valence-corrected chi connectivity index (χ2v) is 9.09. The summed E-state index contributed by atoms with van der Waals surface area (Å²) in [6.45, 7) is 0.194. The number of carbonyl (C=O) groups is 4. The molecule has 0 aromatic heterocycles. The Labute approximate surface area is 223 Å².